The molecule has 0 fully saturated rings. The summed E-state index contributed by atoms with van der Waals surface area (Å²) >= 11 is 0. The fourth-order valence-electron chi connectivity index (χ4n) is 3.87. The third kappa shape index (κ3) is 4.80. The summed E-state index contributed by atoms with van der Waals surface area (Å²) in [5, 5.41) is 8.07. The number of aryl methyl sites for hydroxylation is 1. The summed E-state index contributed by atoms with van der Waals surface area (Å²) in [7, 11) is 0. The number of fused-ring (bicyclic) bond motifs is 2. The predicted octanol–water partition coefficient (Wildman–Crippen LogP) is 3.80. The molecule has 0 radical (unpaired) electrons. The van der Waals surface area contributed by atoms with E-state index < -0.39 is 6.04 Å². The van der Waals surface area contributed by atoms with Gasteiger partial charge in [0.2, 0.25) is 11.8 Å². The fraction of sp³-hybridized carbons (Fsp3) is 0.269. The lowest BCUT2D eigenvalue weighted by Gasteiger charge is -2.21. The first-order valence-corrected chi connectivity index (χ1v) is 10.9. The normalized spacial score (nSPS) is 12.2. The molecule has 164 valence electrons. The topological polar surface area (TPSA) is 75.5 Å². The van der Waals surface area contributed by atoms with Gasteiger partial charge in [-0.3, -0.25) is 9.59 Å². The van der Waals surface area contributed by atoms with Crippen LogP contribution in [0.4, 0.5) is 0 Å². The van der Waals surface area contributed by atoms with Gasteiger partial charge in [-0.2, -0.15) is 0 Å². The molecule has 6 nitrogen and oxygen atoms in total. The number of carbonyl (C=O) groups excluding carboxylic acids is 2. The van der Waals surface area contributed by atoms with Crippen LogP contribution in [0.25, 0.3) is 16.4 Å². The lowest BCUT2D eigenvalue weighted by Crippen LogP contribution is -2.49. The Morgan fingerprint density at radius 3 is 2.53 bits per heavy atom. The van der Waals surface area contributed by atoms with Crippen molar-refractivity contribution in [3.8, 4) is 0 Å². The van der Waals surface area contributed by atoms with E-state index in [2.05, 4.69) is 15.6 Å². The van der Waals surface area contributed by atoms with Crippen LogP contribution in [0.1, 0.15) is 30.8 Å². The van der Waals surface area contributed by atoms with Crippen molar-refractivity contribution in [2.24, 2.45) is 5.92 Å². The molecule has 2 aromatic carbocycles. The van der Waals surface area contributed by atoms with Crippen LogP contribution in [0, 0.1) is 12.8 Å². The van der Waals surface area contributed by atoms with Gasteiger partial charge in [-0.25, -0.2) is 4.98 Å². The van der Waals surface area contributed by atoms with Gasteiger partial charge in [0.25, 0.3) is 0 Å². The monoisotopic (exact) mass is 428 g/mol. The number of nitrogens with zero attached hydrogens (tertiary/aromatic N) is 2. The number of carbonyl (C=O) groups is 2. The molecule has 0 aliphatic rings. The molecule has 2 aromatic heterocycles. The van der Waals surface area contributed by atoms with E-state index >= 15 is 0 Å². The highest BCUT2D eigenvalue weighted by Crippen LogP contribution is 2.16. The Balaban J connectivity index is 1.38. The number of aromatic nitrogens is 2. The smallest absolute Gasteiger partial charge is 0.243 e. The van der Waals surface area contributed by atoms with Crippen molar-refractivity contribution in [2.45, 2.75) is 39.8 Å². The van der Waals surface area contributed by atoms with Crippen molar-refractivity contribution in [1.29, 1.82) is 0 Å². The van der Waals surface area contributed by atoms with E-state index in [4.69, 9.17) is 0 Å². The maximum absolute atomic E-state index is 12.8. The summed E-state index contributed by atoms with van der Waals surface area (Å²) in [5.41, 5.74) is 3.62. The van der Waals surface area contributed by atoms with Gasteiger partial charge in [-0.15, -0.1) is 0 Å². The Hall–Kier alpha value is -3.67. The molecule has 1 unspecified atom stereocenters. The van der Waals surface area contributed by atoms with Crippen molar-refractivity contribution in [2.75, 3.05) is 0 Å². The van der Waals surface area contributed by atoms with Gasteiger partial charge in [0.1, 0.15) is 11.7 Å². The van der Waals surface area contributed by atoms with E-state index in [1.807, 2.05) is 92.0 Å². The first-order chi connectivity index (χ1) is 15.4. The molecule has 0 saturated carbocycles. The molecule has 0 spiro atoms. The van der Waals surface area contributed by atoms with E-state index in [0.717, 1.165) is 33.4 Å². The minimum atomic E-state index is -0.610. The van der Waals surface area contributed by atoms with Crippen molar-refractivity contribution in [1.82, 2.24) is 20.0 Å². The van der Waals surface area contributed by atoms with E-state index in [1.54, 1.807) is 0 Å². The summed E-state index contributed by atoms with van der Waals surface area (Å²) in [4.78, 5) is 30.1. The molecule has 0 aliphatic heterocycles. The Bertz CT molecular complexity index is 1280. The van der Waals surface area contributed by atoms with E-state index in [1.165, 1.54) is 0 Å². The van der Waals surface area contributed by atoms with Crippen LogP contribution in [0.2, 0.25) is 0 Å². The van der Waals surface area contributed by atoms with Gasteiger partial charge in [0, 0.05) is 11.9 Å². The van der Waals surface area contributed by atoms with Crippen molar-refractivity contribution in [3.63, 3.8) is 0 Å². The third-order valence-electron chi connectivity index (χ3n) is 5.63. The average Bonchev–Trinajstić information content (AvgIpc) is 3.20. The Labute approximate surface area is 187 Å². The summed E-state index contributed by atoms with van der Waals surface area (Å²) in [5.74, 6) is -0.419. The average molecular weight is 429 g/mol. The van der Waals surface area contributed by atoms with Crippen LogP contribution >= 0.6 is 0 Å². The quantitative estimate of drug-likeness (QED) is 0.470. The number of hydrogen-bond acceptors (Lipinski definition) is 3. The minimum absolute atomic E-state index is 0.0427. The summed E-state index contributed by atoms with van der Waals surface area (Å²) < 4.78 is 1.99. The van der Waals surface area contributed by atoms with E-state index in [0.29, 0.717) is 6.54 Å². The zero-order valence-electron chi connectivity index (χ0n) is 18.6. The molecule has 6 heteroatoms. The number of imidazole rings is 1. The number of nitrogens with one attached hydrogen (secondary N) is 2. The Morgan fingerprint density at radius 1 is 1.00 bits per heavy atom. The molecule has 0 saturated heterocycles. The Kier molecular flexibility index (Phi) is 6.21. The molecule has 0 bridgehead atoms. The van der Waals surface area contributed by atoms with Gasteiger partial charge < -0.3 is 15.0 Å². The molecule has 4 aromatic rings. The van der Waals surface area contributed by atoms with Crippen molar-refractivity contribution in [3.05, 3.63) is 83.8 Å². The molecular weight excluding hydrogens is 400 g/mol. The molecule has 1 atom stereocenters. The highest BCUT2D eigenvalue weighted by molar-refractivity contribution is 5.89. The highest BCUT2D eigenvalue weighted by Gasteiger charge is 2.24. The van der Waals surface area contributed by atoms with Crippen LogP contribution in [0.15, 0.2) is 66.9 Å². The zero-order valence-corrected chi connectivity index (χ0v) is 18.6. The predicted molar refractivity (Wildman–Crippen MR) is 126 cm³/mol. The summed E-state index contributed by atoms with van der Waals surface area (Å²) in [6.45, 7) is 6.17. The van der Waals surface area contributed by atoms with Gasteiger partial charge in [-0.05, 0) is 41.3 Å². The molecule has 2 heterocycles. The SMILES string of the molecule is Cc1cccc2nc(CNC(=O)C(NC(=O)Cc3ccc4ccccc4c3)C(C)C)cn12. The standard InChI is InChI=1S/C26H28N4O2/c1-17(2)25(26(32)27-15-22-16-30-18(3)7-6-10-23(30)28-22)29-24(31)14-19-11-12-20-8-4-5-9-21(20)13-19/h4-13,16-17,25H,14-15H2,1-3H3,(H,27,32)(H,29,31). The number of benzene rings is 2. The van der Waals surface area contributed by atoms with Crippen molar-refractivity contribution >= 4 is 28.2 Å². The van der Waals surface area contributed by atoms with E-state index in [-0.39, 0.29) is 24.2 Å². The first-order valence-electron chi connectivity index (χ1n) is 10.9. The molecule has 0 aliphatic carbocycles. The Morgan fingerprint density at radius 2 is 1.78 bits per heavy atom. The highest BCUT2D eigenvalue weighted by atomic mass is 16.2. The van der Waals surface area contributed by atoms with Gasteiger partial charge in [0.15, 0.2) is 0 Å². The van der Waals surface area contributed by atoms with Crippen LogP contribution in [-0.4, -0.2) is 27.2 Å². The third-order valence-corrected chi connectivity index (χ3v) is 5.63. The number of amides is 2. The second-order valence-electron chi connectivity index (χ2n) is 8.49. The van der Waals surface area contributed by atoms with Gasteiger partial charge >= 0.3 is 0 Å². The minimum Gasteiger partial charge on any atom is -0.349 e. The first kappa shape index (κ1) is 21.6. The van der Waals surface area contributed by atoms with Gasteiger partial charge in [-0.1, -0.05) is 62.4 Å². The lowest BCUT2D eigenvalue weighted by atomic mass is 10.0. The number of pyridine rings is 1. The maximum atomic E-state index is 12.8. The fourth-order valence-corrected chi connectivity index (χ4v) is 3.87. The molecule has 2 amide bonds. The second kappa shape index (κ2) is 9.22. The number of hydrogen-bond donors (Lipinski definition) is 2. The van der Waals surface area contributed by atoms with Crippen LogP contribution in [0.5, 0.6) is 0 Å². The molecule has 2 N–H and O–H groups in total. The number of rotatable bonds is 7. The second-order valence-corrected chi connectivity index (χ2v) is 8.49. The van der Waals surface area contributed by atoms with Gasteiger partial charge in [0.05, 0.1) is 18.7 Å². The van der Waals surface area contributed by atoms with Crippen LogP contribution < -0.4 is 10.6 Å². The zero-order chi connectivity index (χ0) is 22.7. The van der Waals surface area contributed by atoms with E-state index in [9.17, 15) is 9.59 Å². The molecule has 4 rings (SSSR count). The largest absolute Gasteiger partial charge is 0.349 e. The van der Waals surface area contributed by atoms with Crippen LogP contribution in [0.3, 0.4) is 0 Å². The maximum Gasteiger partial charge on any atom is 0.243 e. The van der Waals surface area contributed by atoms with Crippen LogP contribution in [-0.2, 0) is 22.6 Å². The molecule has 32 heavy (non-hydrogen) atoms. The molecular formula is C26H28N4O2. The van der Waals surface area contributed by atoms with Crippen molar-refractivity contribution < 1.29 is 9.59 Å². The summed E-state index contributed by atoms with van der Waals surface area (Å²) in [6.07, 6.45) is 2.15. The summed E-state index contributed by atoms with van der Waals surface area (Å²) in [6, 6.07) is 19.3. The lowest BCUT2D eigenvalue weighted by molar-refractivity contribution is -0.129.